The Morgan fingerprint density at radius 3 is 2.34 bits per heavy atom. The normalized spacial score (nSPS) is 13.4. The van der Waals surface area contributed by atoms with Gasteiger partial charge in [0.1, 0.15) is 70.2 Å². The Morgan fingerprint density at radius 2 is 1.69 bits per heavy atom. The van der Waals surface area contributed by atoms with Crippen LogP contribution in [0.5, 0.6) is 5.75 Å². The molecular formula is C43H44ClN9O6S2. The van der Waals surface area contributed by atoms with E-state index in [0.717, 1.165) is 42.2 Å². The highest BCUT2D eigenvalue weighted by Gasteiger charge is 2.29. The highest BCUT2D eigenvalue weighted by Crippen LogP contribution is 2.40. The third-order valence-electron chi connectivity index (χ3n) is 9.21. The number of aromatic amines is 1. The zero-order valence-corrected chi connectivity index (χ0v) is 36.4. The van der Waals surface area contributed by atoms with Crippen molar-refractivity contribution in [2.75, 3.05) is 31.2 Å². The number of alkyl carbamates (subject to hydrolysis) is 1. The SMILES string of the molecule is C[C@H](NC(=O)[C@H](Cc1cnc[nH]1)NC(=O)OC(C)(C)C)C(=O)OCCOc1ccc(-c2c(C#N)c(SCc3csc(-c4ccc(Cl)cc4)n3)nc(N3CCCC3)c2C#N)cc1. The van der Waals surface area contributed by atoms with Gasteiger partial charge in [-0.15, -0.1) is 11.3 Å². The monoisotopic (exact) mass is 881 g/mol. The topological polar surface area (TPSA) is 208 Å². The maximum absolute atomic E-state index is 13.2. The highest BCUT2D eigenvalue weighted by atomic mass is 35.5. The van der Waals surface area contributed by atoms with Gasteiger partial charge in [-0.25, -0.2) is 24.5 Å². The third-order valence-corrected chi connectivity index (χ3v) is 11.4. The van der Waals surface area contributed by atoms with Crippen LogP contribution in [0.3, 0.4) is 0 Å². The van der Waals surface area contributed by atoms with Crippen LogP contribution in [0.1, 0.15) is 63.1 Å². The number of halogens is 1. The van der Waals surface area contributed by atoms with Crippen molar-refractivity contribution >= 4 is 58.5 Å². The molecule has 1 aliphatic heterocycles. The molecule has 1 fully saturated rings. The number of esters is 1. The van der Waals surface area contributed by atoms with E-state index in [2.05, 4.69) is 37.6 Å². The first-order valence-electron chi connectivity index (χ1n) is 19.4. The second kappa shape index (κ2) is 20.4. The van der Waals surface area contributed by atoms with Gasteiger partial charge in [0.25, 0.3) is 0 Å². The molecule has 0 aliphatic carbocycles. The summed E-state index contributed by atoms with van der Waals surface area (Å²) >= 11 is 9.00. The molecule has 0 radical (unpaired) electrons. The molecule has 5 aromatic rings. The van der Waals surface area contributed by atoms with Gasteiger partial charge in [-0.1, -0.05) is 47.6 Å². The molecule has 2 aromatic carbocycles. The van der Waals surface area contributed by atoms with Crippen LogP contribution in [0.25, 0.3) is 21.7 Å². The second-order valence-electron chi connectivity index (χ2n) is 15.0. The minimum Gasteiger partial charge on any atom is -0.490 e. The predicted octanol–water partition coefficient (Wildman–Crippen LogP) is 7.45. The van der Waals surface area contributed by atoms with Crippen molar-refractivity contribution in [3.8, 4) is 39.6 Å². The van der Waals surface area contributed by atoms with Gasteiger partial charge in [0, 0.05) is 58.7 Å². The third kappa shape index (κ3) is 12.0. The van der Waals surface area contributed by atoms with Gasteiger partial charge in [-0.2, -0.15) is 10.5 Å². The van der Waals surface area contributed by atoms with Gasteiger partial charge < -0.3 is 34.7 Å². The van der Waals surface area contributed by atoms with E-state index in [9.17, 15) is 24.9 Å². The van der Waals surface area contributed by atoms with E-state index in [0.29, 0.717) is 55.3 Å². The number of rotatable bonds is 16. The molecule has 2 amide bonds. The summed E-state index contributed by atoms with van der Waals surface area (Å²) in [5.74, 6) is 0.177. The van der Waals surface area contributed by atoms with Gasteiger partial charge in [-0.3, -0.25) is 4.79 Å². The number of nitriles is 2. The van der Waals surface area contributed by atoms with E-state index in [-0.39, 0.29) is 19.6 Å². The summed E-state index contributed by atoms with van der Waals surface area (Å²) in [7, 11) is 0. The number of hydrogen-bond donors (Lipinski definition) is 3. The number of H-pyrrole nitrogens is 1. The van der Waals surface area contributed by atoms with Crippen LogP contribution in [0, 0.1) is 22.7 Å². The lowest BCUT2D eigenvalue weighted by atomic mass is 9.96. The highest BCUT2D eigenvalue weighted by molar-refractivity contribution is 7.98. The van der Waals surface area contributed by atoms with Crippen LogP contribution in [-0.4, -0.2) is 81.9 Å². The van der Waals surface area contributed by atoms with E-state index < -0.39 is 35.7 Å². The Bertz CT molecular complexity index is 2400. The summed E-state index contributed by atoms with van der Waals surface area (Å²) in [6.07, 6.45) is 4.23. The Hall–Kier alpha value is -6.14. The number of hydrogen-bond acceptors (Lipinski definition) is 14. The molecule has 0 unspecified atom stereocenters. The number of benzene rings is 2. The molecule has 0 bridgehead atoms. The fraction of sp³-hybridized carbons (Fsp3) is 0.349. The van der Waals surface area contributed by atoms with Crippen molar-refractivity contribution < 1.29 is 28.6 Å². The number of carbonyl (C=O) groups excluding carboxylic acids is 3. The minimum atomic E-state index is -1.06. The molecule has 6 rings (SSSR count). The molecule has 15 nitrogen and oxygen atoms in total. The van der Waals surface area contributed by atoms with E-state index >= 15 is 0 Å². The lowest BCUT2D eigenvalue weighted by Crippen LogP contribution is -2.52. The summed E-state index contributed by atoms with van der Waals surface area (Å²) in [4.78, 5) is 57.1. The Kier molecular flexibility index (Phi) is 14.9. The number of carbonyl (C=O) groups is 3. The number of anilines is 1. The lowest BCUT2D eigenvalue weighted by molar-refractivity contribution is -0.148. The van der Waals surface area contributed by atoms with Crippen LogP contribution in [-0.2, 0) is 31.2 Å². The number of nitrogens with zero attached hydrogens (tertiary/aromatic N) is 6. The number of pyridine rings is 1. The van der Waals surface area contributed by atoms with E-state index in [4.69, 9.17) is 35.8 Å². The number of imidazole rings is 1. The first-order valence-corrected chi connectivity index (χ1v) is 21.7. The average Bonchev–Trinajstić information content (AvgIpc) is 4.05. The van der Waals surface area contributed by atoms with E-state index in [1.807, 2.05) is 29.6 Å². The number of aromatic nitrogens is 4. The Balaban J connectivity index is 1.09. The van der Waals surface area contributed by atoms with Crippen LogP contribution in [0.15, 0.2) is 71.5 Å². The van der Waals surface area contributed by atoms with Gasteiger partial charge in [0.05, 0.1) is 17.6 Å². The zero-order chi connectivity index (χ0) is 43.5. The van der Waals surface area contributed by atoms with Gasteiger partial charge in [0.2, 0.25) is 5.91 Å². The maximum atomic E-state index is 13.2. The summed E-state index contributed by atoms with van der Waals surface area (Å²) in [6, 6.07) is 17.1. The number of nitrogens with one attached hydrogen (secondary N) is 3. The smallest absolute Gasteiger partial charge is 0.408 e. The number of ether oxygens (including phenoxy) is 3. The molecule has 3 N–H and O–H groups in total. The molecule has 61 heavy (non-hydrogen) atoms. The Morgan fingerprint density at radius 1 is 0.984 bits per heavy atom. The van der Waals surface area contributed by atoms with Crippen LogP contribution < -0.4 is 20.3 Å². The average molecular weight is 882 g/mol. The molecule has 3 aromatic heterocycles. The quantitative estimate of drug-likeness (QED) is 0.0501. The lowest BCUT2D eigenvalue weighted by Gasteiger charge is -2.24. The van der Waals surface area contributed by atoms with Crippen molar-refractivity contribution in [1.29, 1.82) is 10.5 Å². The molecule has 1 saturated heterocycles. The fourth-order valence-corrected chi connectivity index (χ4v) is 8.28. The molecule has 18 heteroatoms. The molecule has 4 heterocycles. The van der Waals surface area contributed by atoms with Crippen molar-refractivity contribution in [3.63, 3.8) is 0 Å². The van der Waals surface area contributed by atoms with Crippen molar-refractivity contribution in [2.24, 2.45) is 0 Å². The van der Waals surface area contributed by atoms with Crippen molar-refractivity contribution in [1.82, 2.24) is 30.6 Å². The molecule has 2 atom stereocenters. The van der Waals surface area contributed by atoms with Gasteiger partial charge >= 0.3 is 12.1 Å². The molecular weight excluding hydrogens is 838 g/mol. The summed E-state index contributed by atoms with van der Waals surface area (Å²) in [5.41, 5.74) is 3.39. The first kappa shape index (κ1) is 44.4. The first-order chi connectivity index (χ1) is 29.3. The largest absolute Gasteiger partial charge is 0.490 e. The van der Waals surface area contributed by atoms with Crippen LogP contribution in [0.4, 0.5) is 10.6 Å². The maximum Gasteiger partial charge on any atom is 0.408 e. The predicted molar refractivity (Wildman–Crippen MR) is 232 cm³/mol. The number of thioether (sulfide) groups is 1. The minimum absolute atomic E-state index is 0.00674. The zero-order valence-electron chi connectivity index (χ0n) is 34.0. The molecule has 0 saturated carbocycles. The van der Waals surface area contributed by atoms with Gasteiger partial charge in [-0.05, 0) is 70.4 Å². The van der Waals surface area contributed by atoms with Crippen LogP contribution >= 0.6 is 34.7 Å². The van der Waals surface area contributed by atoms with Crippen LogP contribution in [0.2, 0.25) is 5.02 Å². The fourth-order valence-electron chi connectivity index (χ4n) is 6.35. The standard InChI is InChI=1S/C43H44ClN9O6S2/c1-26(49-38(54)35(19-30-22-47-25-48-30)51-42(56)59-43(2,3)4)41(55)58-18-17-57-32-13-9-27(10-14-32)36-33(20-45)37(53-15-5-6-16-53)52-40(34(36)21-46)61-24-31-23-60-39(50-31)28-7-11-29(44)12-8-28/h7-14,22-23,25-26,35H,5-6,15-19,24H2,1-4H3,(H,47,48)(H,49,54)(H,51,56)/t26-,35-/m0/s1. The second-order valence-corrected chi connectivity index (χ2v) is 17.2. The molecule has 316 valence electrons. The molecule has 0 spiro atoms. The van der Waals surface area contributed by atoms with Crippen molar-refractivity contribution in [2.45, 2.75) is 75.4 Å². The van der Waals surface area contributed by atoms with Crippen molar-refractivity contribution in [3.05, 3.63) is 94.0 Å². The number of amides is 2. The summed E-state index contributed by atoms with van der Waals surface area (Å²) < 4.78 is 16.5. The van der Waals surface area contributed by atoms with E-state index in [1.54, 1.807) is 45.0 Å². The van der Waals surface area contributed by atoms with Gasteiger partial charge in [0.15, 0.2) is 0 Å². The summed E-state index contributed by atoms with van der Waals surface area (Å²) in [6.45, 7) is 8.00. The number of thiazole rings is 1. The van der Waals surface area contributed by atoms with E-state index in [1.165, 1.54) is 42.5 Å². The summed E-state index contributed by atoms with van der Waals surface area (Å²) in [5, 5.41) is 30.2. The molecule has 1 aliphatic rings. The Labute approximate surface area is 366 Å².